The second kappa shape index (κ2) is 9.61. The van der Waals surface area contributed by atoms with Gasteiger partial charge in [-0.2, -0.15) is 0 Å². The third kappa shape index (κ3) is 5.61. The molecule has 1 atom stereocenters. The zero-order valence-corrected chi connectivity index (χ0v) is 16.1. The number of nitrogens with one attached hydrogen (secondary N) is 2. The minimum absolute atomic E-state index is 0.0398. The number of H-pyrrole nitrogens is 1. The summed E-state index contributed by atoms with van der Waals surface area (Å²) in [4.78, 5) is 24.0. The van der Waals surface area contributed by atoms with Crippen LogP contribution in [0.25, 0.3) is 0 Å². The number of ether oxygens (including phenoxy) is 2. The summed E-state index contributed by atoms with van der Waals surface area (Å²) in [7, 11) is 1.63. The predicted octanol–water partition coefficient (Wildman–Crippen LogP) is 1.21. The third-order valence-corrected chi connectivity index (χ3v) is 5.34. The summed E-state index contributed by atoms with van der Waals surface area (Å²) in [5.41, 5.74) is 0.856. The lowest BCUT2D eigenvalue weighted by Crippen LogP contribution is -2.28. The predicted molar refractivity (Wildman–Crippen MR) is 102 cm³/mol. The number of carbonyl (C=O) groups excluding carboxylic acids is 1. The Morgan fingerprint density at radius 1 is 1.44 bits per heavy atom. The molecule has 0 spiro atoms. The van der Waals surface area contributed by atoms with Gasteiger partial charge in [0.15, 0.2) is 5.16 Å². The maximum atomic E-state index is 12.1. The zero-order valence-electron chi connectivity index (χ0n) is 15.3. The second-order valence-corrected chi connectivity index (χ2v) is 7.24. The van der Waals surface area contributed by atoms with Crippen molar-refractivity contribution in [2.45, 2.75) is 37.1 Å². The summed E-state index contributed by atoms with van der Waals surface area (Å²) in [5.74, 6) is 0.929. The van der Waals surface area contributed by atoms with Crippen molar-refractivity contribution >= 4 is 17.7 Å². The Morgan fingerprint density at radius 2 is 2.26 bits per heavy atom. The van der Waals surface area contributed by atoms with Crippen molar-refractivity contribution in [3.05, 3.63) is 40.3 Å². The first-order valence-corrected chi connectivity index (χ1v) is 9.93. The van der Waals surface area contributed by atoms with Gasteiger partial charge in [0.25, 0.3) is 0 Å². The maximum absolute atomic E-state index is 12.1. The summed E-state index contributed by atoms with van der Waals surface area (Å²) in [6.45, 7) is 1.75. The van der Waals surface area contributed by atoms with Gasteiger partial charge in [0, 0.05) is 13.2 Å². The normalized spacial score (nSPS) is 16.4. The van der Waals surface area contributed by atoms with Crippen molar-refractivity contribution in [2.24, 2.45) is 0 Å². The number of nitrogens with zero attached hydrogens (tertiary/aromatic N) is 2. The van der Waals surface area contributed by atoms with E-state index in [4.69, 9.17) is 9.47 Å². The van der Waals surface area contributed by atoms with Crippen molar-refractivity contribution in [3.8, 4) is 5.75 Å². The quantitative estimate of drug-likeness (QED) is 0.623. The van der Waals surface area contributed by atoms with Gasteiger partial charge in [-0.1, -0.05) is 23.9 Å². The standard InChI is InChI=1S/C18H24N4O4S/c1-25-14-6-4-13(5-7-14)8-9-19-16(23)12-27-18-21-20-17(24)22(18)11-15-3-2-10-26-15/h4-7,15H,2-3,8-12H2,1H3,(H,19,23)(H,20,24)/t15-/m1/s1. The average molecular weight is 392 g/mol. The van der Waals surface area contributed by atoms with Crippen molar-refractivity contribution in [1.82, 2.24) is 20.1 Å². The fraction of sp³-hybridized carbons (Fsp3) is 0.500. The molecule has 1 aromatic heterocycles. The van der Waals surface area contributed by atoms with Gasteiger partial charge < -0.3 is 14.8 Å². The Balaban J connectivity index is 1.43. The molecule has 9 heteroatoms. The number of carbonyl (C=O) groups is 1. The minimum atomic E-state index is -0.270. The molecule has 1 fully saturated rings. The van der Waals surface area contributed by atoms with Gasteiger partial charge in [-0.25, -0.2) is 9.89 Å². The van der Waals surface area contributed by atoms with Crippen LogP contribution in [0.3, 0.4) is 0 Å². The molecule has 3 rings (SSSR count). The summed E-state index contributed by atoms with van der Waals surface area (Å²) in [6, 6.07) is 7.76. The van der Waals surface area contributed by atoms with Crippen LogP contribution < -0.4 is 15.7 Å². The van der Waals surface area contributed by atoms with Crippen LogP contribution in [0.5, 0.6) is 5.75 Å². The number of aromatic nitrogens is 3. The number of benzene rings is 1. The molecule has 146 valence electrons. The molecule has 27 heavy (non-hydrogen) atoms. The molecule has 0 aliphatic carbocycles. The van der Waals surface area contributed by atoms with Crippen molar-refractivity contribution in [3.63, 3.8) is 0 Å². The molecule has 2 N–H and O–H groups in total. The number of methoxy groups -OCH3 is 1. The van der Waals surface area contributed by atoms with E-state index in [9.17, 15) is 9.59 Å². The Hall–Kier alpha value is -2.26. The lowest BCUT2D eigenvalue weighted by atomic mass is 10.1. The largest absolute Gasteiger partial charge is 0.497 e. The molecule has 2 heterocycles. The summed E-state index contributed by atoms with van der Waals surface area (Å²) in [6.07, 6.45) is 2.73. The number of hydrogen-bond donors (Lipinski definition) is 2. The van der Waals surface area contributed by atoms with E-state index in [-0.39, 0.29) is 23.5 Å². The van der Waals surface area contributed by atoms with Crippen LogP contribution >= 0.6 is 11.8 Å². The first kappa shape index (κ1) is 19.5. The van der Waals surface area contributed by atoms with Crippen LogP contribution in [0.4, 0.5) is 0 Å². The van der Waals surface area contributed by atoms with Gasteiger partial charge in [0.05, 0.1) is 25.5 Å². The highest BCUT2D eigenvalue weighted by Crippen LogP contribution is 2.18. The van der Waals surface area contributed by atoms with Crippen LogP contribution in [0.1, 0.15) is 18.4 Å². The Labute approximate surface area is 161 Å². The fourth-order valence-electron chi connectivity index (χ4n) is 2.89. The molecule has 1 aliphatic rings. The fourth-order valence-corrected chi connectivity index (χ4v) is 3.67. The highest BCUT2D eigenvalue weighted by Gasteiger charge is 2.20. The second-order valence-electron chi connectivity index (χ2n) is 6.29. The molecule has 1 aliphatic heterocycles. The van der Waals surface area contributed by atoms with E-state index in [2.05, 4.69) is 15.5 Å². The molecule has 8 nitrogen and oxygen atoms in total. The van der Waals surface area contributed by atoms with E-state index in [0.29, 0.717) is 18.2 Å². The number of hydrogen-bond acceptors (Lipinski definition) is 6. The van der Waals surface area contributed by atoms with Crippen LogP contribution in [-0.2, 0) is 22.5 Å². The molecule has 0 unspecified atom stereocenters. The number of amides is 1. The first-order valence-electron chi connectivity index (χ1n) is 8.95. The van der Waals surface area contributed by atoms with E-state index in [1.165, 1.54) is 11.8 Å². The van der Waals surface area contributed by atoms with Gasteiger partial charge >= 0.3 is 5.69 Å². The molecule has 1 amide bonds. The number of rotatable bonds is 9. The van der Waals surface area contributed by atoms with Crippen LogP contribution in [0.15, 0.2) is 34.2 Å². The molecule has 1 saturated heterocycles. The van der Waals surface area contributed by atoms with E-state index in [1.54, 1.807) is 11.7 Å². The van der Waals surface area contributed by atoms with Gasteiger partial charge in [0.1, 0.15) is 5.75 Å². The molecule has 0 saturated carbocycles. The topological polar surface area (TPSA) is 98.2 Å². The highest BCUT2D eigenvalue weighted by atomic mass is 32.2. The SMILES string of the molecule is COc1ccc(CCNC(=O)CSc2n[nH]c(=O)n2C[C@H]2CCCO2)cc1. The Morgan fingerprint density at radius 3 is 2.96 bits per heavy atom. The van der Waals surface area contributed by atoms with Gasteiger partial charge in [-0.3, -0.25) is 9.36 Å². The van der Waals surface area contributed by atoms with Crippen molar-refractivity contribution < 1.29 is 14.3 Å². The first-order chi connectivity index (χ1) is 13.2. The van der Waals surface area contributed by atoms with Crippen LogP contribution in [0.2, 0.25) is 0 Å². The van der Waals surface area contributed by atoms with Gasteiger partial charge in [-0.05, 0) is 37.0 Å². The summed E-state index contributed by atoms with van der Waals surface area (Å²) in [5, 5.41) is 9.87. The molecular formula is C18H24N4O4S. The van der Waals surface area contributed by atoms with Crippen LogP contribution in [-0.4, -0.2) is 52.8 Å². The van der Waals surface area contributed by atoms with Crippen LogP contribution in [0, 0.1) is 0 Å². The van der Waals surface area contributed by atoms with Gasteiger partial charge in [0.2, 0.25) is 5.91 Å². The van der Waals surface area contributed by atoms with E-state index in [1.807, 2.05) is 24.3 Å². The molecule has 0 bridgehead atoms. The van der Waals surface area contributed by atoms with Gasteiger partial charge in [-0.15, -0.1) is 5.10 Å². The number of aromatic amines is 1. The highest BCUT2D eigenvalue weighted by molar-refractivity contribution is 7.99. The van der Waals surface area contributed by atoms with Crippen molar-refractivity contribution in [1.29, 1.82) is 0 Å². The smallest absolute Gasteiger partial charge is 0.344 e. The van der Waals surface area contributed by atoms with E-state index in [0.717, 1.165) is 37.2 Å². The lowest BCUT2D eigenvalue weighted by Gasteiger charge is -2.11. The third-order valence-electron chi connectivity index (χ3n) is 4.36. The monoisotopic (exact) mass is 392 g/mol. The summed E-state index contributed by atoms with van der Waals surface area (Å²) >= 11 is 1.25. The summed E-state index contributed by atoms with van der Waals surface area (Å²) < 4.78 is 12.2. The minimum Gasteiger partial charge on any atom is -0.497 e. The zero-order chi connectivity index (χ0) is 19.1. The molecule has 2 aromatic rings. The number of thioether (sulfide) groups is 1. The maximum Gasteiger partial charge on any atom is 0.344 e. The van der Waals surface area contributed by atoms with Crippen molar-refractivity contribution in [2.75, 3.05) is 26.0 Å². The lowest BCUT2D eigenvalue weighted by molar-refractivity contribution is -0.118. The van der Waals surface area contributed by atoms with E-state index >= 15 is 0 Å². The Bertz CT molecular complexity index is 796. The Kier molecular flexibility index (Phi) is 6.94. The molecule has 1 aromatic carbocycles. The molecule has 0 radical (unpaired) electrons. The average Bonchev–Trinajstić information content (AvgIpc) is 3.32. The molecular weight excluding hydrogens is 368 g/mol. The van der Waals surface area contributed by atoms with E-state index < -0.39 is 0 Å².